The Balaban J connectivity index is 0.000000578. The molecule has 1 amide bonds. The van der Waals surface area contributed by atoms with E-state index in [9.17, 15) is 9.59 Å². The van der Waals surface area contributed by atoms with Gasteiger partial charge in [-0.25, -0.2) is 0 Å². The quantitative estimate of drug-likeness (QED) is 0.273. The standard InChI is InChI=1S/C14H22N2O.C6H12O6/c1-5-16(6-2)10-13(17)15-14-11(3)8-7-9-12(14)4;7-1-3(9)5(11)6(12)4(10)2-8/h7-9H,5-6,10H2,1-4H3,(H,15,17);1,3-6,8-12H,2H2/t;3-,4+,5+,6+/m.0/s1. The van der Waals surface area contributed by atoms with Crippen LogP contribution in [0.25, 0.3) is 0 Å². The summed E-state index contributed by atoms with van der Waals surface area (Å²) in [5.74, 6) is 0.0612. The predicted octanol–water partition coefficient (Wildman–Crippen LogP) is -0.795. The molecule has 0 bridgehead atoms. The van der Waals surface area contributed by atoms with Gasteiger partial charge in [0.25, 0.3) is 0 Å². The molecule has 0 saturated heterocycles. The molecule has 0 fully saturated rings. The number of likely N-dealkylation sites (N-methyl/N-ethyl adjacent to an activating group) is 1. The van der Waals surface area contributed by atoms with E-state index in [0.717, 1.165) is 29.9 Å². The number of benzene rings is 1. The summed E-state index contributed by atoms with van der Waals surface area (Å²) in [5, 5.41) is 46.5. The summed E-state index contributed by atoms with van der Waals surface area (Å²) in [6.07, 6.45) is -6.84. The molecule has 0 spiro atoms. The van der Waals surface area contributed by atoms with Crippen LogP contribution in [0, 0.1) is 13.8 Å². The Hall–Kier alpha value is -1.88. The third kappa shape index (κ3) is 9.44. The van der Waals surface area contributed by atoms with E-state index in [1.807, 2.05) is 32.0 Å². The number of nitrogens with one attached hydrogen (secondary N) is 1. The van der Waals surface area contributed by atoms with Gasteiger partial charge in [-0.2, -0.15) is 0 Å². The Morgan fingerprint density at radius 3 is 2.00 bits per heavy atom. The number of carbonyl (C=O) groups excluding carboxylic acids is 2. The lowest BCUT2D eigenvalue weighted by atomic mass is 10.0. The van der Waals surface area contributed by atoms with Crippen LogP contribution >= 0.6 is 0 Å². The number of hydrogen-bond donors (Lipinski definition) is 6. The first-order valence-corrected chi connectivity index (χ1v) is 9.49. The van der Waals surface area contributed by atoms with Gasteiger partial charge in [0.1, 0.15) is 24.4 Å². The number of aldehydes is 1. The summed E-state index contributed by atoms with van der Waals surface area (Å²) < 4.78 is 0. The molecule has 4 atom stereocenters. The normalized spacial score (nSPS) is 15.0. The van der Waals surface area contributed by atoms with Crippen LogP contribution in [-0.4, -0.2) is 93.3 Å². The minimum atomic E-state index is -1.79. The molecule has 9 nitrogen and oxygen atoms in total. The fourth-order valence-corrected chi connectivity index (χ4v) is 2.46. The van der Waals surface area contributed by atoms with E-state index in [1.54, 1.807) is 0 Å². The van der Waals surface area contributed by atoms with Crippen molar-refractivity contribution in [3.63, 3.8) is 0 Å². The van der Waals surface area contributed by atoms with Crippen LogP contribution in [0.1, 0.15) is 25.0 Å². The van der Waals surface area contributed by atoms with Gasteiger partial charge in [0, 0.05) is 5.69 Å². The number of nitrogens with zero attached hydrogens (tertiary/aromatic N) is 1. The average molecular weight is 414 g/mol. The molecule has 1 aromatic rings. The van der Waals surface area contributed by atoms with Crippen molar-refractivity contribution >= 4 is 17.9 Å². The molecule has 0 unspecified atom stereocenters. The Labute approximate surface area is 171 Å². The summed E-state index contributed by atoms with van der Waals surface area (Å²) in [7, 11) is 0. The third-order valence-electron chi connectivity index (χ3n) is 4.43. The molecule has 0 aromatic heterocycles. The van der Waals surface area contributed by atoms with Crippen LogP contribution in [0.15, 0.2) is 18.2 Å². The van der Waals surface area contributed by atoms with Gasteiger partial charge in [-0.05, 0) is 38.1 Å². The summed E-state index contributed by atoms with van der Waals surface area (Å²) in [5.41, 5.74) is 3.17. The highest BCUT2D eigenvalue weighted by atomic mass is 16.4. The molecule has 1 aromatic carbocycles. The maximum atomic E-state index is 11.9. The third-order valence-corrected chi connectivity index (χ3v) is 4.43. The monoisotopic (exact) mass is 414 g/mol. The van der Waals surface area contributed by atoms with Crippen molar-refractivity contribution in [2.75, 3.05) is 31.6 Å². The van der Waals surface area contributed by atoms with E-state index >= 15 is 0 Å². The molecule has 29 heavy (non-hydrogen) atoms. The minimum absolute atomic E-state index is 0.0258. The lowest BCUT2D eigenvalue weighted by Gasteiger charge is -2.22. The Morgan fingerprint density at radius 2 is 1.59 bits per heavy atom. The van der Waals surface area contributed by atoms with Gasteiger partial charge in [0.05, 0.1) is 13.2 Å². The second-order valence-electron chi connectivity index (χ2n) is 6.63. The Morgan fingerprint density at radius 1 is 1.07 bits per heavy atom. The van der Waals surface area contributed by atoms with E-state index in [1.165, 1.54) is 0 Å². The Kier molecular flexibility index (Phi) is 13.2. The Bertz CT molecular complexity index is 603. The maximum absolute atomic E-state index is 11.9. The molecule has 0 aliphatic heterocycles. The van der Waals surface area contributed by atoms with Crippen LogP contribution in [0.3, 0.4) is 0 Å². The summed E-state index contributed by atoms with van der Waals surface area (Å²) >= 11 is 0. The van der Waals surface area contributed by atoms with Crippen LogP contribution < -0.4 is 5.32 Å². The minimum Gasteiger partial charge on any atom is -0.394 e. The molecule has 0 aliphatic rings. The highest BCUT2D eigenvalue weighted by Gasteiger charge is 2.29. The molecule has 0 radical (unpaired) electrons. The van der Waals surface area contributed by atoms with Gasteiger partial charge in [-0.3, -0.25) is 9.69 Å². The SMILES string of the molecule is CCN(CC)CC(=O)Nc1c(C)cccc1C.O=C[C@H](O)[C@@H](O)[C@H](O)[C@H](O)CO. The van der Waals surface area contributed by atoms with Gasteiger partial charge in [0.15, 0.2) is 6.29 Å². The number of carbonyl (C=O) groups is 2. The number of aliphatic hydroxyl groups is 5. The highest BCUT2D eigenvalue weighted by Crippen LogP contribution is 2.19. The molecule has 166 valence electrons. The molecule has 9 heteroatoms. The topological polar surface area (TPSA) is 151 Å². The highest BCUT2D eigenvalue weighted by molar-refractivity contribution is 5.93. The van der Waals surface area contributed by atoms with Crippen molar-refractivity contribution in [1.82, 2.24) is 4.90 Å². The predicted molar refractivity (Wildman–Crippen MR) is 110 cm³/mol. The average Bonchev–Trinajstić information content (AvgIpc) is 2.72. The van der Waals surface area contributed by atoms with Gasteiger partial charge in [-0.15, -0.1) is 0 Å². The van der Waals surface area contributed by atoms with E-state index in [-0.39, 0.29) is 12.2 Å². The lowest BCUT2D eigenvalue weighted by molar-refractivity contribution is -0.136. The fraction of sp³-hybridized carbons (Fsp3) is 0.600. The van der Waals surface area contributed by atoms with Gasteiger partial charge in [-0.1, -0.05) is 32.0 Å². The van der Waals surface area contributed by atoms with E-state index in [2.05, 4.69) is 24.1 Å². The molecule has 1 rings (SSSR count). The number of amides is 1. The van der Waals surface area contributed by atoms with Crippen molar-refractivity contribution < 1.29 is 35.1 Å². The molecule has 0 saturated carbocycles. The number of aryl methyl sites for hydroxylation is 2. The lowest BCUT2D eigenvalue weighted by Crippen LogP contribution is -2.46. The zero-order valence-electron chi connectivity index (χ0n) is 17.4. The van der Waals surface area contributed by atoms with E-state index < -0.39 is 31.0 Å². The maximum Gasteiger partial charge on any atom is 0.238 e. The van der Waals surface area contributed by atoms with Crippen LogP contribution in [0.2, 0.25) is 0 Å². The smallest absolute Gasteiger partial charge is 0.238 e. The molecular weight excluding hydrogens is 380 g/mol. The van der Waals surface area contributed by atoms with Crippen LogP contribution in [0.5, 0.6) is 0 Å². The van der Waals surface area contributed by atoms with Gasteiger partial charge < -0.3 is 35.6 Å². The van der Waals surface area contributed by atoms with Crippen molar-refractivity contribution in [3.05, 3.63) is 29.3 Å². The van der Waals surface area contributed by atoms with Crippen molar-refractivity contribution in [1.29, 1.82) is 0 Å². The first kappa shape index (κ1) is 27.1. The van der Waals surface area contributed by atoms with Crippen molar-refractivity contribution in [2.24, 2.45) is 0 Å². The number of rotatable bonds is 10. The first-order valence-electron chi connectivity index (χ1n) is 9.49. The zero-order valence-corrected chi connectivity index (χ0v) is 17.4. The van der Waals surface area contributed by atoms with Crippen LogP contribution in [0.4, 0.5) is 5.69 Å². The zero-order chi connectivity index (χ0) is 22.6. The number of anilines is 1. The number of hydrogen-bond acceptors (Lipinski definition) is 8. The molecule has 6 N–H and O–H groups in total. The second kappa shape index (κ2) is 14.2. The largest absolute Gasteiger partial charge is 0.394 e. The summed E-state index contributed by atoms with van der Waals surface area (Å²) in [6.45, 7) is 9.66. The van der Waals surface area contributed by atoms with E-state index in [0.29, 0.717) is 6.54 Å². The molecule has 0 heterocycles. The fourth-order valence-electron chi connectivity index (χ4n) is 2.46. The van der Waals surface area contributed by atoms with Gasteiger partial charge >= 0.3 is 0 Å². The first-order chi connectivity index (χ1) is 13.6. The van der Waals surface area contributed by atoms with Gasteiger partial charge in [0.2, 0.25) is 5.91 Å². The number of para-hydroxylation sites is 1. The molecule has 0 aliphatic carbocycles. The van der Waals surface area contributed by atoms with Crippen LogP contribution in [-0.2, 0) is 9.59 Å². The summed E-state index contributed by atoms with van der Waals surface area (Å²) in [4.78, 5) is 23.9. The number of aliphatic hydroxyl groups excluding tert-OH is 5. The second-order valence-corrected chi connectivity index (χ2v) is 6.63. The summed E-state index contributed by atoms with van der Waals surface area (Å²) in [6, 6.07) is 6.03. The van der Waals surface area contributed by atoms with Crippen molar-refractivity contribution in [3.8, 4) is 0 Å². The van der Waals surface area contributed by atoms with E-state index in [4.69, 9.17) is 25.5 Å². The van der Waals surface area contributed by atoms with Crippen molar-refractivity contribution in [2.45, 2.75) is 52.1 Å². The molecular formula is C20H34N2O7.